The van der Waals surface area contributed by atoms with E-state index < -0.39 is 23.8 Å². The second-order valence-electron chi connectivity index (χ2n) is 7.89. The van der Waals surface area contributed by atoms with Gasteiger partial charge in [0.1, 0.15) is 28.8 Å². The quantitative estimate of drug-likeness (QED) is 0.609. The zero-order valence-electron chi connectivity index (χ0n) is 18.3. The number of amides is 1. The van der Waals surface area contributed by atoms with Crippen molar-refractivity contribution < 1.29 is 18.0 Å². The minimum atomic E-state index is -2.94. The van der Waals surface area contributed by atoms with Gasteiger partial charge < -0.3 is 15.5 Å². The zero-order chi connectivity index (χ0) is 23.9. The molecular formula is C22H23F3N6O2. The third-order valence-electron chi connectivity index (χ3n) is 5.65. The Morgan fingerprint density at radius 2 is 1.91 bits per heavy atom. The number of nitrogens with one attached hydrogen (secondary N) is 2. The van der Waals surface area contributed by atoms with Crippen molar-refractivity contribution in [3.05, 3.63) is 57.4 Å². The molecule has 3 heterocycles. The summed E-state index contributed by atoms with van der Waals surface area (Å²) in [5.41, 5.74) is -0.488. The molecule has 1 fully saturated rings. The van der Waals surface area contributed by atoms with Gasteiger partial charge in [-0.15, -0.1) is 0 Å². The Kier molecular flexibility index (Phi) is 6.07. The van der Waals surface area contributed by atoms with E-state index in [4.69, 9.17) is 0 Å². The summed E-state index contributed by atoms with van der Waals surface area (Å²) in [5.74, 6) is -0.562. The van der Waals surface area contributed by atoms with Gasteiger partial charge in [0.25, 0.3) is 12.0 Å². The predicted octanol–water partition coefficient (Wildman–Crippen LogP) is 2.82. The van der Waals surface area contributed by atoms with Crippen molar-refractivity contribution in [2.24, 2.45) is 7.05 Å². The Labute approximate surface area is 187 Å². The summed E-state index contributed by atoms with van der Waals surface area (Å²) < 4.78 is 42.3. The third kappa shape index (κ3) is 4.15. The van der Waals surface area contributed by atoms with E-state index in [0.29, 0.717) is 35.8 Å². The molecule has 174 valence electrons. The maximum absolute atomic E-state index is 14.7. The highest BCUT2D eigenvalue weighted by Crippen LogP contribution is 2.31. The van der Waals surface area contributed by atoms with Gasteiger partial charge >= 0.3 is 0 Å². The third-order valence-corrected chi connectivity index (χ3v) is 5.65. The van der Waals surface area contributed by atoms with Crippen LogP contribution in [0.1, 0.15) is 36.3 Å². The zero-order valence-corrected chi connectivity index (χ0v) is 18.3. The molecule has 2 aromatic heterocycles. The van der Waals surface area contributed by atoms with Crippen LogP contribution in [0.25, 0.3) is 11.0 Å². The molecule has 11 heteroatoms. The molecule has 1 atom stereocenters. The van der Waals surface area contributed by atoms with E-state index in [1.54, 1.807) is 27.0 Å². The van der Waals surface area contributed by atoms with Gasteiger partial charge in [0.15, 0.2) is 0 Å². The first-order valence-corrected chi connectivity index (χ1v) is 10.4. The molecule has 1 saturated heterocycles. The van der Waals surface area contributed by atoms with Gasteiger partial charge in [-0.3, -0.25) is 14.2 Å². The Morgan fingerprint density at radius 1 is 1.18 bits per heavy atom. The molecule has 2 N–H and O–H groups in total. The number of alkyl halides is 2. The standard InChI is InChI=1S/C22H23F3N6O2/c1-11(13-5-4-6-14(18(13)23)19(24)25)27-20-15-9-16(31-8-7-26-10-17(31)32)22(33)30(3)21(15)29-12(2)28-20/h4-6,9,11,19,26H,7-8,10H2,1-3H3,(H,27,28,29)/t11-/m1/s1. The van der Waals surface area contributed by atoms with E-state index >= 15 is 0 Å². The molecule has 0 unspecified atom stereocenters. The van der Waals surface area contributed by atoms with Crippen LogP contribution in [0.15, 0.2) is 29.1 Å². The molecule has 4 rings (SSSR count). The Bertz CT molecular complexity index is 1290. The summed E-state index contributed by atoms with van der Waals surface area (Å²) >= 11 is 0. The molecule has 33 heavy (non-hydrogen) atoms. The van der Waals surface area contributed by atoms with E-state index in [1.165, 1.54) is 21.6 Å². The van der Waals surface area contributed by atoms with Gasteiger partial charge in [0.05, 0.1) is 23.5 Å². The van der Waals surface area contributed by atoms with E-state index in [2.05, 4.69) is 20.6 Å². The number of anilines is 2. The fraction of sp³-hybridized carbons (Fsp3) is 0.364. The number of aryl methyl sites for hydroxylation is 2. The molecule has 8 nitrogen and oxygen atoms in total. The van der Waals surface area contributed by atoms with Crippen LogP contribution in [0.4, 0.5) is 24.7 Å². The number of hydrogen-bond acceptors (Lipinski definition) is 6. The smallest absolute Gasteiger partial charge is 0.275 e. The van der Waals surface area contributed by atoms with Gasteiger partial charge in [0.2, 0.25) is 5.91 Å². The largest absolute Gasteiger partial charge is 0.363 e. The number of piperazine rings is 1. The van der Waals surface area contributed by atoms with Crippen molar-refractivity contribution in [1.82, 2.24) is 19.9 Å². The van der Waals surface area contributed by atoms with Crippen molar-refractivity contribution in [2.75, 3.05) is 29.9 Å². The molecule has 1 aromatic carbocycles. The first-order chi connectivity index (χ1) is 15.7. The molecule has 3 aromatic rings. The Balaban J connectivity index is 1.82. The minimum absolute atomic E-state index is 0.0551. The number of pyridine rings is 1. The lowest BCUT2D eigenvalue weighted by Gasteiger charge is -2.27. The molecule has 1 amide bonds. The number of rotatable bonds is 5. The highest BCUT2D eigenvalue weighted by atomic mass is 19.3. The van der Waals surface area contributed by atoms with Gasteiger partial charge in [-0.2, -0.15) is 0 Å². The average Bonchev–Trinajstić information content (AvgIpc) is 2.77. The number of carbonyl (C=O) groups excluding carboxylic acids is 1. The van der Waals surface area contributed by atoms with Gasteiger partial charge in [-0.25, -0.2) is 23.1 Å². The first-order valence-electron chi connectivity index (χ1n) is 10.4. The summed E-state index contributed by atoms with van der Waals surface area (Å²) in [7, 11) is 1.55. The van der Waals surface area contributed by atoms with E-state index in [-0.39, 0.29) is 29.3 Å². The maximum atomic E-state index is 14.7. The van der Waals surface area contributed by atoms with Gasteiger partial charge in [-0.1, -0.05) is 18.2 Å². The second-order valence-corrected chi connectivity index (χ2v) is 7.89. The lowest BCUT2D eigenvalue weighted by atomic mass is 10.0. The number of nitrogens with zero attached hydrogens (tertiary/aromatic N) is 4. The number of carbonyl (C=O) groups is 1. The van der Waals surface area contributed by atoms with Crippen LogP contribution < -0.4 is 21.1 Å². The van der Waals surface area contributed by atoms with Crippen molar-refractivity contribution in [2.45, 2.75) is 26.3 Å². The topological polar surface area (TPSA) is 92.2 Å². The summed E-state index contributed by atoms with van der Waals surface area (Å²) in [6.45, 7) is 4.26. The Morgan fingerprint density at radius 3 is 2.61 bits per heavy atom. The van der Waals surface area contributed by atoms with Crippen LogP contribution in [-0.2, 0) is 11.8 Å². The number of hydrogen-bond donors (Lipinski definition) is 2. The summed E-state index contributed by atoms with van der Waals surface area (Å²) in [6.07, 6.45) is -2.94. The lowest BCUT2D eigenvalue weighted by molar-refractivity contribution is -0.118. The highest BCUT2D eigenvalue weighted by molar-refractivity contribution is 5.98. The molecular weight excluding hydrogens is 437 g/mol. The van der Waals surface area contributed by atoms with Crippen LogP contribution in [0, 0.1) is 12.7 Å². The van der Waals surface area contributed by atoms with Crippen molar-refractivity contribution in [1.29, 1.82) is 0 Å². The van der Waals surface area contributed by atoms with Gasteiger partial charge in [-0.05, 0) is 19.9 Å². The number of halogens is 3. The fourth-order valence-corrected chi connectivity index (χ4v) is 3.94. The van der Waals surface area contributed by atoms with Crippen LogP contribution in [0.3, 0.4) is 0 Å². The highest BCUT2D eigenvalue weighted by Gasteiger charge is 2.25. The normalized spacial score (nSPS) is 15.4. The van der Waals surface area contributed by atoms with E-state index in [0.717, 1.165) is 6.07 Å². The molecule has 0 saturated carbocycles. The molecule has 1 aliphatic heterocycles. The van der Waals surface area contributed by atoms with Crippen molar-refractivity contribution in [3.8, 4) is 0 Å². The number of benzene rings is 1. The van der Waals surface area contributed by atoms with Gasteiger partial charge in [0, 0.05) is 25.7 Å². The molecule has 0 radical (unpaired) electrons. The second kappa shape index (κ2) is 8.81. The molecule has 0 aliphatic carbocycles. The number of fused-ring (bicyclic) bond motifs is 1. The Hall–Kier alpha value is -3.47. The first kappa shape index (κ1) is 22.7. The molecule has 1 aliphatic rings. The summed E-state index contributed by atoms with van der Waals surface area (Å²) in [5, 5.41) is 6.48. The molecule has 0 spiro atoms. The SMILES string of the molecule is Cc1nc(N[C@H](C)c2cccc(C(F)F)c2F)c2cc(N3CCNCC3=O)c(=O)n(C)c2n1. The fourth-order valence-electron chi connectivity index (χ4n) is 3.94. The predicted molar refractivity (Wildman–Crippen MR) is 118 cm³/mol. The minimum Gasteiger partial charge on any atom is -0.363 e. The lowest BCUT2D eigenvalue weighted by Crippen LogP contribution is -2.50. The van der Waals surface area contributed by atoms with E-state index in [1.807, 2.05) is 0 Å². The molecule has 0 bridgehead atoms. The average molecular weight is 460 g/mol. The van der Waals surface area contributed by atoms with Crippen molar-refractivity contribution >= 4 is 28.4 Å². The maximum Gasteiger partial charge on any atom is 0.275 e. The van der Waals surface area contributed by atoms with Crippen molar-refractivity contribution in [3.63, 3.8) is 0 Å². The summed E-state index contributed by atoms with van der Waals surface area (Å²) in [4.78, 5) is 35.6. The number of aromatic nitrogens is 3. The van der Waals surface area contributed by atoms with Crippen LogP contribution >= 0.6 is 0 Å². The van der Waals surface area contributed by atoms with Crippen LogP contribution in [0.5, 0.6) is 0 Å². The summed E-state index contributed by atoms with van der Waals surface area (Å²) in [6, 6.07) is 4.67. The van der Waals surface area contributed by atoms with Crippen LogP contribution in [0.2, 0.25) is 0 Å². The van der Waals surface area contributed by atoms with Crippen LogP contribution in [-0.4, -0.2) is 40.1 Å². The monoisotopic (exact) mass is 460 g/mol. The van der Waals surface area contributed by atoms with E-state index in [9.17, 15) is 22.8 Å².